The molecule has 3 aromatic rings. The van der Waals surface area contributed by atoms with Crippen molar-refractivity contribution >= 4 is 39.1 Å². The van der Waals surface area contributed by atoms with Crippen molar-refractivity contribution in [1.82, 2.24) is 10.2 Å². The number of benzene rings is 3. The second-order valence-corrected chi connectivity index (χ2v) is 13.1. The molecule has 1 unspecified atom stereocenters. The van der Waals surface area contributed by atoms with Crippen LogP contribution in [0.25, 0.3) is 0 Å². The molecular weight excluding hydrogens is 631 g/mol. The molecule has 0 spiro atoms. The number of hydrogen-bond acceptors (Lipinski definition) is 5. The number of anilines is 1. The molecule has 1 fully saturated rings. The fourth-order valence-corrected chi connectivity index (χ4v) is 6.90. The van der Waals surface area contributed by atoms with Crippen LogP contribution in [0.3, 0.4) is 0 Å². The first-order valence-corrected chi connectivity index (χ1v) is 16.3. The van der Waals surface area contributed by atoms with Crippen molar-refractivity contribution in [2.24, 2.45) is 0 Å². The Morgan fingerprint density at radius 2 is 1.69 bits per heavy atom. The van der Waals surface area contributed by atoms with E-state index >= 15 is 0 Å². The van der Waals surface area contributed by atoms with E-state index in [4.69, 9.17) is 16.3 Å². The zero-order chi connectivity index (χ0) is 32.8. The highest BCUT2D eigenvalue weighted by atomic mass is 35.5. The maximum atomic E-state index is 14.1. The van der Waals surface area contributed by atoms with E-state index in [9.17, 15) is 31.2 Å². The minimum absolute atomic E-state index is 0.0488. The third-order valence-corrected chi connectivity index (χ3v) is 9.88. The summed E-state index contributed by atoms with van der Waals surface area (Å²) >= 11 is 5.83. The summed E-state index contributed by atoms with van der Waals surface area (Å²) in [5.74, 6) is -0.707. The fourth-order valence-electron chi connectivity index (χ4n) is 5.25. The van der Waals surface area contributed by atoms with Crippen LogP contribution in [0, 0.1) is 0 Å². The van der Waals surface area contributed by atoms with Gasteiger partial charge in [0.15, 0.2) is 0 Å². The molecule has 1 aliphatic rings. The summed E-state index contributed by atoms with van der Waals surface area (Å²) in [5.41, 5.74) is -1.07. The van der Waals surface area contributed by atoms with Crippen molar-refractivity contribution in [3.63, 3.8) is 0 Å². The Labute approximate surface area is 266 Å². The topological polar surface area (TPSA) is 96.0 Å². The summed E-state index contributed by atoms with van der Waals surface area (Å²) in [6, 6.07) is 15.4. The number of alkyl halides is 3. The highest BCUT2D eigenvalue weighted by Gasteiger charge is 2.37. The molecule has 4 rings (SSSR count). The molecule has 45 heavy (non-hydrogen) atoms. The lowest BCUT2D eigenvalue weighted by atomic mass is 9.95. The van der Waals surface area contributed by atoms with Gasteiger partial charge in [-0.05, 0) is 67.8 Å². The minimum Gasteiger partial charge on any atom is -0.497 e. The van der Waals surface area contributed by atoms with Gasteiger partial charge < -0.3 is 15.0 Å². The van der Waals surface area contributed by atoms with E-state index < -0.39 is 56.9 Å². The maximum Gasteiger partial charge on any atom is 0.417 e. The molecule has 8 nitrogen and oxygen atoms in total. The number of carbonyl (C=O) groups excluding carboxylic acids is 2. The number of nitrogens with one attached hydrogen (secondary N) is 1. The number of ether oxygens (including phenoxy) is 1. The normalized spacial score (nSPS) is 14.8. The van der Waals surface area contributed by atoms with Gasteiger partial charge >= 0.3 is 6.18 Å². The van der Waals surface area contributed by atoms with Crippen LogP contribution in [0.15, 0.2) is 77.7 Å². The molecule has 0 aromatic heterocycles. The Hall–Kier alpha value is -3.77. The predicted octanol–water partition coefficient (Wildman–Crippen LogP) is 6.43. The third-order valence-electron chi connectivity index (χ3n) is 7.76. The van der Waals surface area contributed by atoms with Gasteiger partial charge in [0.25, 0.3) is 10.0 Å². The zero-order valence-electron chi connectivity index (χ0n) is 24.9. The Kier molecular flexibility index (Phi) is 11.0. The van der Waals surface area contributed by atoms with Gasteiger partial charge in [-0.25, -0.2) is 8.42 Å². The van der Waals surface area contributed by atoms with E-state index in [2.05, 4.69) is 5.32 Å². The molecule has 2 amide bonds. The predicted molar refractivity (Wildman–Crippen MR) is 165 cm³/mol. The SMILES string of the molecule is COc1cccc(CN(C(=O)CN(c2ccc(Cl)c(C(F)(F)F)c2)S(=O)(=O)c2ccccc2)C(C)C(=O)NC2CCCCC2)c1. The molecule has 242 valence electrons. The number of hydrogen-bond donors (Lipinski definition) is 1. The maximum absolute atomic E-state index is 14.1. The monoisotopic (exact) mass is 665 g/mol. The van der Waals surface area contributed by atoms with Crippen molar-refractivity contribution in [2.45, 2.75) is 68.7 Å². The summed E-state index contributed by atoms with van der Waals surface area (Å²) in [6.45, 7) is 0.556. The van der Waals surface area contributed by atoms with Crippen molar-refractivity contribution in [1.29, 1.82) is 0 Å². The molecule has 13 heteroatoms. The van der Waals surface area contributed by atoms with E-state index in [1.807, 2.05) is 0 Å². The van der Waals surface area contributed by atoms with E-state index in [0.717, 1.165) is 44.2 Å². The second kappa shape index (κ2) is 14.6. The number of carbonyl (C=O) groups is 2. The number of halogens is 4. The van der Waals surface area contributed by atoms with Gasteiger partial charge in [-0.3, -0.25) is 13.9 Å². The molecule has 0 aliphatic heterocycles. The van der Waals surface area contributed by atoms with E-state index in [0.29, 0.717) is 21.7 Å². The second-order valence-electron chi connectivity index (χ2n) is 10.9. The van der Waals surface area contributed by atoms with Gasteiger partial charge in [-0.15, -0.1) is 0 Å². The average molecular weight is 666 g/mol. The molecule has 0 heterocycles. The van der Waals surface area contributed by atoms with Crippen LogP contribution in [0.1, 0.15) is 50.2 Å². The number of nitrogens with zero attached hydrogens (tertiary/aromatic N) is 2. The Morgan fingerprint density at radius 1 is 1.00 bits per heavy atom. The Balaban J connectivity index is 1.74. The lowest BCUT2D eigenvalue weighted by Crippen LogP contribution is -2.53. The van der Waals surface area contributed by atoms with Crippen molar-refractivity contribution < 1.29 is 35.9 Å². The van der Waals surface area contributed by atoms with Crippen molar-refractivity contribution in [3.05, 3.63) is 88.9 Å². The lowest BCUT2D eigenvalue weighted by molar-refractivity contribution is -0.139. The zero-order valence-corrected chi connectivity index (χ0v) is 26.5. The smallest absolute Gasteiger partial charge is 0.417 e. The van der Waals surface area contributed by atoms with Crippen molar-refractivity contribution in [3.8, 4) is 5.75 Å². The van der Waals surface area contributed by atoms with Crippen molar-refractivity contribution in [2.75, 3.05) is 18.0 Å². The van der Waals surface area contributed by atoms with Gasteiger partial charge in [-0.1, -0.05) is 61.2 Å². The first-order chi connectivity index (χ1) is 21.3. The first-order valence-electron chi connectivity index (χ1n) is 14.5. The third kappa shape index (κ3) is 8.49. The Bertz CT molecular complexity index is 1600. The minimum atomic E-state index is -4.89. The molecule has 1 N–H and O–H groups in total. The largest absolute Gasteiger partial charge is 0.497 e. The summed E-state index contributed by atoms with van der Waals surface area (Å²) in [4.78, 5) is 28.5. The molecule has 0 bridgehead atoms. The number of methoxy groups -OCH3 is 1. The van der Waals surface area contributed by atoms with Crippen LogP contribution in [-0.2, 0) is 32.3 Å². The number of amides is 2. The standard InChI is InChI=1S/C32H35ClF3N3O5S/c1-22(31(41)37-24-11-5-3-6-12-24)38(20-23-10-9-13-26(18-23)44-2)30(40)21-39(45(42,43)27-14-7-4-8-15-27)25-16-17-29(33)28(19-25)32(34,35)36/h4,7-10,13-19,22,24H,3,5-6,11-12,20-21H2,1-2H3,(H,37,41). The highest BCUT2D eigenvalue weighted by molar-refractivity contribution is 7.92. The summed E-state index contributed by atoms with van der Waals surface area (Å²) in [5, 5.41) is 2.38. The van der Waals surface area contributed by atoms with E-state index in [1.165, 1.54) is 43.2 Å². The molecule has 3 aromatic carbocycles. The summed E-state index contributed by atoms with van der Waals surface area (Å²) < 4.78 is 75.1. The fraction of sp³-hybridized carbons (Fsp3) is 0.375. The van der Waals surface area contributed by atoms with Crippen LogP contribution in [0.2, 0.25) is 5.02 Å². The quantitative estimate of drug-likeness (QED) is 0.255. The highest BCUT2D eigenvalue weighted by Crippen LogP contribution is 2.38. The molecular formula is C32H35ClF3N3O5S. The van der Waals surface area contributed by atoms with Crippen LogP contribution in [-0.4, -0.2) is 50.9 Å². The molecule has 1 saturated carbocycles. The average Bonchev–Trinajstić information content (AvgIpc) is 3.02. The van der Waals surface area contributed by atoms with Crippen LogP contribution in [0.5, 0.6) is 5.75 Å². The molecule has 1 aliphatic carbocycles. The van der Waals surface area contributed by atoms with Gasteiger partial charge in [-0.2, -0.15) is 13.2 Å². The lowest BCUT2D eigenvalue weighted by Gasteiger charge is -2.33. The molecule has 0 radical (unpaired) electrons. The Morgan fingerprint density at radius 3 is 2.33 bits per heavy atom. The summed E-state index contributed by atoms with van der Waals surface area (Å²) in [6.07, 6.45) is -0.247. The van der Waals surface area contributed by atoms with Crippen LogP contribution in [0.4, 0.5) is 18.9 Å². The van der Waals surface area contributed by atoms with Crippen LogP contribution < -0.4 is 14.4 Å². The molecule has 1 atom stereocenters. The number of rotatable bonds is 11. The molecule has 0 saturated heterocycles. The number of sulfonamides is 1. The van der Waals surface area contributed by atoms with Gasteiger partial charge in [0.05, 0.1) is 28.3 Å². The van der Waals surface area contributed by atoms with E-state index in [-0.39, 0.29) is 17.5 Å². The van der Waals surface area contributed by atoms with Crippen LogP contribution >= 0.6 is 11.6 Å². The van der Waals surface area contributed by atoms with Gasteiger partial charge in [0.2, 0.25) is 11.8 Å². The first kappa shape index (κ1) is 34.1. The van der Waals surface area contributed by atoms with Gasteiger partial charge in [0.1, 0.15) is 18.3 Å². The summed E-state index contributed by atoms with van der Waals surface area (Å²) in [7, 11) is -3.07. The van der Waals surface area contributed by atoms with Gasteiger partial charge in [0, 0.05) is 12.6 Å². The van der Waals surface area contributed by atoms with E-state index in [1.54, 1.807) is 30.3 Å².